The van der Waals surface area contributed by atoms with Gasteiger partial charge in [-0.25, -0.2) is 4.39 Å². The molecule has 2 heterocycles. The van der Waals surface area contributed by atoms with Crippen LogP contribution in [-0.2, 0) is 6.54 Å². The van der Waals surface area contributed by atoms with E-state index in [1.54, 1.807) is 24.5 Å². The number of benzene rings is 1. The van der Waals surface area contributed by atoms with E-state index < -0.39 is 22.8 Å². The first-order chi connectivity index (χ1) is 12.0. The van der Waals surface area contributed by atoms with Crippen LogP contribution in [0.2, 0.25) is 0 Å². The summed E-state index contributed by atoms with van der Waals surface area (Å²) in [6.45, 7) is 0.0917. The number of halogens is 1. The van der Waals surface area contributed by atoms with Crippen LogP contribution in [0.1, 0.15) is 15.9 Å². The van der Waals surface area contributed by atoms with Crippen molar-refractivity contribution in [2.45, 2.75) is 11.4 Å². The molecule has 0 bridgehead atoms. The predicted octanol–water partition coefficient (Wildman–Crippen LogP) is 2.42. The number of nitrogens with zero attached hydrogens (tertiary/aromatic N) is 1. The smallest absolute Gasteiger partial charge is 0.265 e. The molecule has 3 rings (SSSR count). The molecule has 0 atom stereocenters. The van der Waals surface area contributed by atoms with Crippen molar-refractivity contribution in [3.8, 4) is 5.75 Å². The minimum absolute atomic E-state index is 0.0917. The Kier molecular flexibility index (Phi) is 4.71. The Morgan fingerprint density at radius 3 is 2.96 bits per heavy atom. The molecule has 0 saturated carbocycles. The zero-order chi connectivity index (χ0) is 18.0. The van der Waals surface area contributed by atoms with E-state index in [9.17, 15) is 19.1 Å². The lowest BCUT2D eigenvalue weighted by atomic mass is 10.1. The second kappa shape index (κ2) is 6.94. The average molecular weight is 359 g/mol. The SMILES string of the molecule is CSc1cc(F)ccc1CNC(=O)c1c(O)c2ncccc2[nH]c1=O. The van der Waals surface area contributed by atoms with E-state index in [1.807, 2.05) is 0 Å². The number of aromatic amines is 1. The highest BCUT2D eigenvalue weighted by atomic mass is 32.2. The number of aromatic hydroxyl groups is 1. The fourth-order valence-electron chi connectivity index (χ4n) is 2.44. The molecule has 0 fully saturated rings. The topological polar surface area (TPSA) is 95.1 Å². The molecule has 6 nitrogen and oxygen atoms in total. The van der Waals surface area contributed by atoms with Crippen LogP contribution in [-0.4, -0.2) is 27.2 Å². The first-order valence-corrected chi connectivity index (χ1v) is 8.54. The van der Waals surface area contributed by atoms with Gasteiger partial charge in [0.05, 0.1) is 5.52 Å². The van der Waals surface area contributed by atoms with Crippen LogP contribution in [0, 0.1) is 5.82 Å². The zero-order valence-electron chi connectivity index (χ0n) is 13.2. The molecule has 3 aromatic rings. The van der Waals surface area contributed by atoms with E-state index in [1.165, 1.54) is 30.1 Å². The Bertz CT molecular complexity index is 1020. The third-order valence-electron chi connectivity index (χ3n) is 3.66. The number of fused-ring (bicyclic) bond motifs is 1. The van der Waals surface area contributed by atoms with E-state index in [4.69, 9.17) is 0 Å². The van der Waals surface area contributed by atoms with Crippen LogP contribution < -0.4 is 10.9 Å². The van der Waals surface area contributed by atoms with Crippen molar-refractivity contribution in [3.05, 3.63) is 63.8 Å². The van der Waals surface area contributed by atoms with Gasteiger partial charge in [0.25, 0.3) is 11.5 Å². The largest absolute Gasteiger partial charge is 0.505 e. The molecule has 3 N–H and O–H groups in total. The number of thioether (sulfide) groups is 1. The van der Waals surface area contributed by atoms with E-state index in [-0.39, 0.29) is 17.9 Å². The third kappa shape index (κ3) is 3.34. The lowest BCUT2D eigenvalue weighted by molar-refractivity contribution is 0.0946. The molecule has 0 unspecified atom stereocenters. The molecule has 0 spiro atoms. The summed E-state index contributed by atoms with van der Waals surface area (Å²) in [5.41, 5.74) is 0.0689. The van der Waals surface area contributed by atoms with E-state index in [0.717, 1.165) is 0 Å². The monoisotopic (exact) mass is 359 g/mol. The quantitative estimate of drug-likeness (QED) is 0.622. The highest BCUT2D eigenvalue weighted by Crippen LogP contribution is 2.23. The van der Waals surface area contributed by atoms with Crippen molar-refractivity contribution in [1.82, 2.24) is 15.3 Å². The zero-order valence-corrected chi connectivity index (χ0v) is 14.0. The van der Waals surface area contributed by atoms with E-state index >= 15 is 0 Å². The Labute approximate surface area is 146 Å². The summed E-state index contributed by atoms with van der Waals surface area (Å²) in [4.78, 5) is 31.7. The Balaban J connectivity index is 1.90. The number of aromatic nitrogens is 2. The molecular weight excluding hydrogens is 345 g/mol. The van der Waals surface area contributed by atoms with Crippen molar-refractivity contribution in [1.29, 1.82) is 0 Å². The Hall–Kier alpha value is -2.87. The average Bonchev–Trinajstić information content (AvgIpc) is 2.60. The number of carbonyl (C=O) groups is 1. The minimum Gasteiger partial charge on any atom is -0.505 e. The fraction of sp³-hybridized carbons (Fsp3) is 0.118. The van der Waals surface area contributed by atoms with Crippen LogP contribution in [0.3, 0.4) is 0 Å². The predicted molar refractivity (Wildman–Crippen MR) is 93.4 cm³/mol. The summed E-state index contributed by atoms with van der Waals surface area (Å²) in [6, 6.07) is 7.42. The summed E-state index contributed by atoms with van der Waals surface area (Å²) in [5, 5.41) is 12.8. The van der Waals surface area contributed by atoms with Gasteiger partial charge in [0.2, 0.25) is 0 Å². The Morgan fingerprint density at radius 1 is 1.40 bits per heavy atom. The summed E-state index contributed by atoms with van der Waals surface area (Å²) in [6.07, 6.45) is 3.25. The van der Waals surface area contributed by atoms with Crippen LogP contribution in [0.15, 0.2) is 46.2 Å². The third-order valence-corrected chi connectivity index (χ3v) is 4.48. The molecule has 8 heteroatoms. The number of hydrogen-bond acceptors (Lipinski definition) is 5. The van der Waals surface area contributed by atoms with Crippen LogP contribution in [0.5, 0.6) is 5.75 Å². The lowest BCUT2D eigenvalue weighted by Crippen LogP contribution is -2.29. The number of H-pyrrole nitrogens is 1. The molecule has 128 valence electrons. The number of hydrogen-bond donors (Lipinski definition) is 3. The van der Waals surface area contributed by atoms with Crippen molar-refractivity contribution < 1.29 is 14.3 Å². The van der Waals surface area contributed by atoms with Crippen LogP contribution in [0.25, 0.3) is 11.0 Å². The van der Waals surface area contributed by atoms with Gasteiger partial charge >= 0.3 is 0 Å². The van der Waals surface area contributed by atoms with Gasteiger partial charge in [-0.1, -0.05) is 6.07 Å². The van der Waals surface area contributed by atoms with Crippen molar-refractivity contribution in [2.75, 3.05) is 6.26 Å². The molecule has 1 aromatic carbocycles. The van der Waals surface area contributed by atoms with E-state index in [0.29, 0.717) is 16.0 Å². The van der Waals surface area contributed by atoms with Gasteiger partial charge in [-0.15, -0.1) is 11.8 Å². The number of rotatable bonds is 4. The maximum atomic E-state index is 13.3. The van der Waals surface area contributed by atoms with Gasteiger partial charge in [0, 0.05) is 17.6 Å². The molecule has 0 aliphatic rings. The van der Waals surface area contributed by atoms with Gasteiger partial charge < -0.3 is 15.4 Å². The normalized spacial score (nSPS) is 10.8. The maximum Gasteiger partial charge on any atom is 0.265 e. The van der Waals surface area contributed by atoms with Crippen LogP contribution in [0.4, 0.5) is 4.39 Å². The van der Waals surface area contributed by atoms with Gasteiger partial charge in [-0.05, 0) is 36.1 Å². The fourth-order valence-corrected chi connectivity index (χ4v) is 3.08. The minimum atomic E-state index is -0.734. The first kappa shape index (κ1) is 17.0. The molecule has 2 aromatic heterocycles. The highest BCUT2D eigenvalue weighted by molar-refractivity contribution is 7.98. The molecule has 0 radical (unpaired) electrons. The highest BCUT2D eigenvalue weighted by Gasteiger charge is 2.19. The molecule has 1 amide bonds. The molecule has 0 aliphatic carbocycles. The van der Waals surface area contributed by atoms with Crippen molar-refractivity contribution in [2.24, 2.45) is 0 Å². The molecular formula is C17H14FN3O3S. The van der Waals surface area contributed by atoms with Crippen LogP contribution >= 0.6 is 11.8 Å². The summed E-state index contributed by atoms with van der Waals surface area (Å²) >= 11 is 1.35. The summed E-state index contributed by atoms with van der Waals surface area (Å²) in [5.74, 6) is -1.57. The lowest BCUT2D eigenvalue weighted by Gasteiger charge is -2.10. The number of pyridine rings is 2. The Morgan fingerprint density at radius 2 is 2.20 bits per heavy atom. The molecule has 25 heavy (non-hydrogen) atoms. The second-order valence-corrected chi connectivity index (χ2v) is 6.06. The first-order valence-electron chi connectivity index (χ1n) is 7.32. The number of amides is 1. The number of carbonyl (C=O) groups excluding carboxylic acids is 1. The summed E-state index contributed by atoms with van der Waals surface area (Å²) < 4.78 is 13.3. The molecule has 0 saturated heterocycles. The standard InChI is InChI=1S/C17H14FN3O3S/c1-25-12-7-10(18)5-4-9(12)8-20-16(23)13-15(22)14-11(21-17(13)24)3-2-6-19-14/h2-7H,8H2,1H3,(H,20,23)(H2,21,22,24). The summed E-state index contributed by atoms with van der Waals surface area (Å²) in [7, 11) is 0. The van der Waals surface area contributed by atoms with E-state index in [2.05, 4.69) is 15.3 Å². The maximum absolute atomic E-state index is 13.3. The van der Waals surface area contributed by atoms with Gasteiger partial charge in [-0.2, -0.15) is 0 Å². The second-order valence-electron chi connectivity index (χ2n) is 5.22. The molecule has 0 aliphatic heterocycles. The van der Waals surface area contributed by atoms with Gasteiger partial charge in [-0.3, -0.25) is 14.6 Å². The van der Waals surface area contributed by atoms with Crippen molar-refractivity contribution in [3.63, 3.8) is 0 Å². The number of nitrogens with one attached hydrogen (secondary N) is 2. The van der Waals surface area contributed by atoms with Crippen molar-refractivity contribution >= 4 is 28.7 Å². The van der Waals surface area contributed by atoms with Gasteiger partial charge in [0.15, 0.2) is 5.75 Å². The van der Waals surface area contributed by atoms with Gasteiger partial charge in [0.1, 0.15) is 16.9 Å².